The van der Waals surface area contributed by atoms with Gasteiger partial charge < -0.3 is 14.8 Å². The lowest BCUT2D eigenvalue weighted by Crippen LogP contribution is -2.41. The lowest BCUT2D eigenvalue weighted by molar-refractivity contribution is -0.0846. The molecule has 0 amide bonds. The molecule has 1 aliphatic carbocycles. The van der Waals surface area contributed by atoms with Gasteiger partial charge in [0, 0.05) is 19.1 Å². The molecule has 2 N–H and O–H groups in total. The molecule has 1 unspecified atom stereocenters. The summed E-state index contributed by atoms with van der Waals surface area (Å²) in [5, 5.41) is 3.18. The van der Waals surface area contributed by atoms with E-state index in [0.29, 0.717) is 39.0 Å². The molecule has 0 radical (unpaired) electrons. The van der Waals surface area contributed by atoms with E-state index in [4.69, 9.17) is 9.47 Å². The lowest BCUT2D eigenvalue weighted by atomic mass is 10.3. The SMILES string of the molecule is O=S(=O)(CCNC1CC1)NCC1COCCO1. The largest absolute Gasteiger partial charge is 0.376 e. The highest BCUT2D eigenvalue weighted by molar-refractivity contribution is 7.89. The van der Waals surface area contributed by atoms with E-state index in [2.05, 4.69) is 10.0 Å². The van der Waals surface area contributed by atoms with Crippen molar-refractivity contribution < 1.29 is 17.9 Å². The van der Waals surface area contributed by atoms with Crippen molar-refractivity contribution in [3.05, 3.63) is 0 Å². The molecule has 0 bridgehead atoms. The van der Waals surface area contributed by atoms with E-state index in [-0.39, 0.29) is 11.9 Å². The second kappa shape index (κ2) is 6.10. The summed E-state index contributed by atoms with van der Waals surface area (Å²) in [5.74, 6) is 0.122. The van der Waals surface area contributed by atoms with Gasteiger partial charge >= 0.3 is 0 Å². The summed E-state index contributed by atoms with van der Waals surface area (Å²) in [5.41, 5.74) is 0. The monoisotopic (exact) mass is 264 g/mol. The topological polar surface area (TPSA) is 76.7 Å². The first-order valence-electron chi connectivity index (χ1n) is 6.06. The Balaban J connectivity index is 1.61. The molecule has 2 aliphatic rings. The van der Waals surface area contributed by atoms with Gasteiger partial charge in [-0.2, -0.15) is 0 Å². The molecule has 1 atom stereocenters. The van der Waals surface area contributed by atoms with Crippen LogP contribution in [0, 0.1) is 0 Å². The van der Waals surface area contributed by atoms with Crippen molar-refractivity contribution in [2.75, 3.05) is 38.7 Å². The fraction of sp³-hybridized carbons (Fsp3) is 1.00. The fourth-order valence-electron chi connectivity index (χ4n) is 1.63. The number of ether oxygens (including phenoxy) is 2. The van der Waals surface area contributed by atoms with Crippen LogP contribution in [-0.2, 0) is 19.5 Å². The van der Waals surface area contributed by atoms with Crippen LogP contribution in [0.5, 0.6) is 0 Å². The molecule has 2 fully saturated rings. The molecule has 1 aliphatic heterocycles. The molecule has 0 aromatic heterocycles. The van der Waals surface area contributed by atoms with Crippen LogP contribution >= 0.6 is 0 Å². The minimum atomic E-state index is -3.20. The Morgan fingerprint density at radius 1 is 1.24 bits per heavy atom. The average molecular weight is 264 g/mol. The summed E-state index contributed by atoms with van der Waals surface area (Å²) >= 11 is 0. The molecule has 100 valence electrons. The van der Waals surface area contributed by atoms with Crippen molar-refractivity contribution in [2.24, 2.45) is 0 Å². The van der Waals surface area contributed by atoms with Gasteiger partial charge in [-0.05, 0) is 12.8 Å². The molecule has 1 heterocycles. The summed E-state index contributed by atoms with van der Waals surface area (Å²) in [4.78, 5) is 0. The van der Waals surface area contributed by atoms with Crippen LogP contribution in [0.3, 0.4) is 0 Å². The van der Waals surface area contributed by atoms with E-state index < -0.39 is 10.0 Å². The van der Waals surface area contributed by atoms with E-state index in [1.165, 1.54) is 12.8 Å². The summed E-state index contributed by atoms with van der Waals surface area (Å²) in [7, 11) is -3.20. The molecule has 0 aromatic carbocycles. The Morgan fingerprint density at radius 2 is 2.06 bits per heavy atom. The van der Waals surface area contributed by atoms with Gasteiger partial charge in [0.2, 0.25) is 10.0 Å². The lowest BCUT2D eigenvalue weighted by Gasteiger charge is -2.23. The molecule has 1 saturated heterocycles. The first-order valence-corrected chi connectivity index (χ1v) is 7.71. The van der Waals surface area contributed by atoms with Gasteiger partial charge in [-0.15, -0.1) is 0 Å². The van der Waals surface area contributed by atoms with E-state index in [1.807, 2.05) is 0 Å². The standard InChI is InChI=1S/C10H20N2O4S/c13-17(14,6-3-11-9-1-2-9)12-7-10-8-15-4-5-16-10/h9-12H,1-8H2. The molecule has 1 saturated carbocycles. The highest BCUT2D eigenvalue weighted by atomic mass is 32.2. The van der Waals surface area contributed by atoms with Crippen molar-refractivity contribution in [1.29, 1.82) is 0 Å². The number of hydrogen-bond acceptors (Lipinski definition) is 5. The zero-order chi connectivity index (χ0) is 12.1. The maximum absolute atomic E-state index is 11.6. The Morgan fingerprint density at radius 3 is 2.71 bits per heavy atom. The molecule has 0 spiro atoms. The van der Waals surface area contributed by atoms with E-state index >= 15 is 0 Å². The third-order valence-electron chi connectivity index (χ3n) is 2.80. The van der Waals surface area contributed by atoms with Gasteiger partial charge in [-0.25, -0.2) is 13.1 Å². The van der Waals surface area contributed by atoms with Crippen LogP contribution in [-0.4, -0.2) is 59.2 Å². The first kappa shape index (κ1) is 13.2. The Bertz CT molecular complexity index is 323. The summed E-state index contributed by atoms with van der Waals surface area (Å²) in [6.45, 7) is 2.40. The molecule has 2 rings (SSSR count). The Kier molecular flexibility index (Phi) is 4.75. The number of rotatable bonds is 7. The van der Waals surface area contributed by atoms with E-state index in [0.717, 1.165) is 0 Å². The van der Waals surface area contributed by atoms with Crippen molar-refractivity contribution >= 4 is 10.0 Å². The molecule has 7 heteroatoms. The van der Waals surface area contributed by atoms with Gasteiger partial charge in [0.1, 0.15) is 0 Å². The Labute approximate surface area is 102 Å². The van der Waals surface area contributed by atoms with Crippen molar-refractivity contribution in [1.82, 2.24) is 10.0 Å². The molecule has 6 nitrogen and oxygen atoms in total. The van der Waals surface area contributed by atoms with Crippen LogP contribution in [0.2, 0.25) is 0 Å². The van der Waals surface area contributed by atoms with Gasteiger partial charge in [-0.1, -0.05) is 0 Å². The minimum absolute atomic E-state index is 0.122. The normalized spacial score (nSPS) is 26.0. The quantitative estimate of drug-likeness (QED) is 0.621. The van der Waals surface area contributed by atoms with E-state index in [9.17, 15) is 8.42 Å². The van der Waals surface area contributed by atoms with Crippen LogP contribution in [0.25, 0.3) is 0 Å². The van der Waals surface area contributed by atoms with Crippen molar-refractivity contribution in [3.8, 4) is 0 Å². The van der Waals surface area contributed by atoms with Crippen molar-refractivity contribution in [2.45, 2.75) is 25.0 Å². The summed E-state index contributed by atoms with van der Waals surface area (Å²) < 4.78 is 36.4. The first-order chi connectivity index (χ1) is 8.16. The second-order valence-electron chi connectivity index (χ2n) is 4.46. The van der Waals surface area contributed by atoms with Crippen molar-refractivity contribution in [3.63, 3.8) is 0 Å². The predicted octanol–water partition coefficient (Wildman–Crippen LogP) is -0.927. The highest BCUT2D eigenvalue weighted by Crippen LogP contribution is 2.17. The third-order valence-corrected chi connectivity index (χ3v) is 4.15. The average Bonchev–Trinajstić information content (AvgIpc) is 3.12. The van der Waals surface area contributed by atoms with Gasteiger partial charge in [0.25, 0.3) is 0 Å². The summed E-state index contributed by atoms with van der Waals surface area (Å²) in [6.07, 6.45) is 2.18. The van der Waals surface area contributed by atoms with Crippen LogP contribution in [0.1, 0.15) is 12.8 Å². The second-order valence-corrected chi connectivity index (χ2v) is 6.39. The predicted molar refractivity (Wildman–Crippen MR) is 63.4 cm³/mol. The Hall–Kier alpha value is -0.210. The number of sulfonamides is 1. The molecular formula is C10H20N2O4S. The zero-order valence-corrected chi connectivity index (χ0v) is 10.7. The van der Waals surface area contributed by atoms with Crippen LogP contribution < -0.4 is 10.0 Å². The number of nitrogens with one attached hydrogen (secondary N) is 2. The zero-order valence-electron chi connectivity index (χ0n) is 9.85. The molecule has 17 heavy (non-hydrogen) atoms. The van der Waals surface area contributed by atoms with E-state index in [1.54, 1.807) is 0 Å². The van der Waals surface area contributed by atoms with Gasteiger partial charge in [-0.3, -0.25) is 0 Å². The molecular weight excluding hydrogens is 244 g/mol. The van der Waals surface area contributed by atoms with Crippen LogP contribution in [0.4, 0.5) is 0 Å². The highest BCUT2D eigenvalue weighted by Gasteiger charge is 2.22. The summed E-state index contributed by atoms with van der Waals surface area (Å²) in [6, 6.07) is 0.542. The maximum Gasteiger partial charge on any atom is 0.212 e. The number of hydrogen-bond donors (Lipinski definition) is 2. The molecule has 0 aromatic rings. The van der Waals surface area contributed by atoms with Gasteiger partial charge in [0.05, 0.1) is 31.7 Å². The fourth-order valence-corrected chi connectivity index (χ4v) is 2.60. The third kappa shape index (κ3) is 5.31. The smallest absolute Gasteiger partial charge is 0.212 e. The maximum atomic E-state index is 11.6. The van der Waals surface area contributed by atoms with Gasteiger partial charge in [0.15, 0.2) is 0 Å². The minimum Gasteiger partial charge on any atom is -0.376 e. The van der Waals surface area contributed by atoms with Crippen LogP contribution in [0.15, 0.2) is 0 Å².